The molecule has 2 aromatic rings. The lowest BCUT2D eigenvalue weighted by Gasteiger charge is -2.38. The van der Waals surface area contributed by atoms with E-state index in [2.05, 4.69) is 5.43 Å². The summed E-state index contributed by atoms with van der Waals surface area (Å²) in [6, 6.07) is 8.91. The van der Waals surface area contributed by atoms with Crippen molar-refractivity contribution in [2.75, 3.05) is 13.2 Å². The van der Waals surface area contributed by atoms with Gasteiger partial charge in [-0.25, -0.2) is 5.01 Å². The Morgan fingerprint density at radius 1 is 1.00 bits per heavy atom. The van der Waals surface area contributed by atoms with Gasteiger partial charge in [0.1, 0.15) is 13.2 Å². The van der Waals surface area contributed by atoms with E-state index in [4.69, 9.17) is 9.47 Å². The topological polar surface area (TPSA) is 67.9 Å². The Hall–Kier alpha value is -3.02. The number of rotatable bonds is 3. The van der Waals surface area contributed by atoms with Gasteiger partial charge in [0.2, 0.25) is 0 Å². The SMILES string of the molecule is Cc1cc(C)cc(C(=O)N(NC(=O)c2ccc3c(c2C)OCCO3)C(C)C(C)(C)C)c1. The summed E-state index contributed by atoms with van der Waals surface area (Å²) in [6.45, 7) is 14.7. The molecule has 1 N–H and O–H groups in total. The van der Waals surface area contributed by atoms with E-state index >= 15 is 0 Å². The molecular weight excluding hydrogens is 392 g/mol. The molecule has 1 aliphatic heterocycles. The summed E-state index contributed by atoms with van der Waals surface area (Å²) in [5, 5.41) is 1.45. The van der Waals surface area contributed by atoms with Crippen LogP contribution < -0.4 is 14.9 Å². The molecule has 6 nitrogen and oxygen atoms in total. The molecule has 2 aromatic carbocycles. The quantitative estimate of drug-likeness (QED) is 0.731. The molecule has 0 spiro atoms. The summed E-state index contributed by atoms with van der Waals surface area (Å²) in [5.74, 6) is 0.613. The van der Waals surface area contributed by atoms with Crippen molar-refractivity contribution in [2.45, 2.75) is 54.5 Å². The highest BCUT2D eigenvalue weighted by atomic mass is 16.6. The molecule has 1 atom stereocenters. The highest BCUT2D eigenvalue weighted by Gasteiger charge is 2.33. The van der Waals surface area contributed by atoms with Crippen molar-refractivity contribution in [3.8, 4) is 11.5 Å². The van der Waals surface area contributed by atoms with Gasteiger partial charge in [-0.15, -0.1) is 0 Å². The minimum atomic E-state index is -0.358. The summed E-state index contributed by atoms with van der Waals surface area (Å²) >= 11 is 0. The molecular formula is C25H32N2O4. The van der Waals surface area contributed by atoms with Crippen molar-refractivity contribution in [1.82, 2.24) is 10.4 Å². The van der Waals surface area contributed by atoms with Gasteiger partial charge in [0.05, 0.1) is 6.04 Å². The van der Waals surface area contributed by atoms with Gasteiger partial charge in [-0.3, -0.25) is 15.0 Å². The molecule has 0 saturated heterocycles. The van der Waals surface area contributed by atoms with E-state index in [1.165, 1.54) is 5.01 Å². The molecule has 31 heavy (non-hydrogen) atoms. The fraction of sp³-hybridized carbons (Fsp3) is 0.440. The maximum atomic E-state index is 13.5. The fourth-order valence-corrected chi connectivity index (χ4v) is 3.62. The number of hydrazine groups is 1. The highest BCUT2D eigenvalue weighted by molar-refractivity contribution is 6.00. The van der Waals surface area contributed by atoms with E-state index in [0.29, 0.717) is 41.4 Å². The number of hydrogen-bond acceptors (Lipinski definition) is 4. The molecule has 0 radical (unpaired) electrons. The lowest BCUT2D eigenvalue weighted by molar-refractivity contribution is 0.0336. The number of amides is 2. The first-order valence-electron chi connectivity index (χ1n) is 10.6. The van der Waals surface area contributed by atoms with Crippen LogP contribution in [-0.4, -0.2) is 36.1 Å². The van der Waals surface area contributed by atoms with Crippen LogP contribution in [0.4, 0.5) is 0 Å². The van der Waals surface area contributed by atoms with E-state index in [0.717, 1.165) is 11.1 Å². The number of carbonyl (C=O) groups is 2. The van der Waals surface area contributed by atoms with Crippen LogP contribution in [0.5, 0.6) is 11.5 Å². The van der Waals surface area contributed by atoms with E-state index < -0.39 is 0 Å². The van der Waals surface area contributed by atoms with Gasteiger partial charge in [-0.1, -0.05) is 38.0 Å². The Bertz CT molecular complexity index is 987. The average molecular weight is 425 g/mol. The number of carbonyl (C=O) groups excluding carboxylic acids is 2. The molecule has 0 aliphatic carbocycles. The van der Waals surface area contributed by atoms with Crippen LogP contribution in [0.2, 0.25) is 0 Å². The van der Waals surface area contributed by atoms with Crippen molar-refractivity contribution in [3.05, 3.63) is 58.1 Å². The van der Waals surface area contributed by atoms with Crippen molar-refractivity contribution in [1.29, 1.82) is 0 Å². The first-order valence-corrected chi connectivity index (χ1v) is 10.6. The third kappa shape index (κ3) is 4.84. The molecule has 1 heterocycles. The number of nitrogens with one attached hydrogen (secondary N) is 1. The molecule has 2 amide bonds. The standard InChI is InChI=1S/C25H32N2O4/c1-15-12-16(2)14-19(13-15)24(29)27(18(4)25(5,6)7)26-23(28)20-8-9-21-22(17(20)3)31-11-10-30-21/h8-9,12-14,18H,10-11H2,1-7H3,(H,26,28). The lowest BCUT2D eigenvalue weighted by Crippen LogP contribution is -2.55. The fourth-order valence-electron chi connectivity index (χ4n) is 3.62. The van der Waals surface area contributed by atoms with E-state index in [-0.39, 0.29) is 23.3 Å². The molecule has 1 aliphatic rings. The number of hydrogen-bond donors (Lipinski definition) is 1. The zero-order valence-electron chi connectivity index (χ0n) is 19.5. The molecule has 166 valence electrons. The number of ether oxygens (including phenoxy) is 2. The van der Waals surface area contributed by atoms with E-state index in [9.17, 15) is 9.59 Å². The Kier molecular flexibility index (Phi) is 6.30. The van der Waals surface area contributed by atoms with Crippen molar-refractivity contribution in [2.24, 2.45) is 5.41 Å². The normalized spacial score (nSPS) is 14.0. The van der Waals surface area contributed by atoms with E-state index in [1.54, 1.807) is 12.1 Å². The number of nitrogens with zero attached hydrogens (tertiary/aromatic N) is 1. The van der Waals surface area contributed by atoms with Crippen LogP contribution in [0.3, 0.4) is 0 Å². The van der Waals surface area contributed by atoms with Crippen LogP contribution in [0, 0.1) is 26.2 Å². The van der Waals surface area contributed by atoms with Gasteiger partial charge in [-0.2, -0.15) is 0 Å². The van der Waals surface area contributed by atoms with Gasteiger partial charge >= 0.3 is 0 Å². The minimum absolute atomic E-state index is 0.238. The molecule has 6 heteroatoms. The van der Waals surface area contributed by atoms with Gasteiger partial charge in [-0.05, 0) is 57.4 Å². The Balaban J connectivity index is 1.95. The average Bonchev–Trinajstić information content (AvgIpc) is 2.70. The third-order valence-electron chi connectivity index (χ3n) is 5.75. The molecule has 0 aromatic heterocycles. The van der Waals surface area contributed by atoms with Gasteiger partial charge in [0.25, 0.3) is 11.8 Å². The number of fused-ring (bicyclic) bond motifs is 1. The first-order chi connectivity index (χ1) is 14.5. The number of aryl methyl sites for hydroxylation is 2. The third-order valence-corrected chi connectivity index (χ3v) is 5.75. The smallest absolute Gasteiger partial charge is 0.272 e. The van der Waals surface area contributed by atoms with Crippen molar-refractivity contribution >= 4 is 11.8 Å². The number of benzene rings is 2. The zero-order valence-corrected chi connectivity index (χ0v) is 19.5. The summed E-state index contributed by atoms with van der Waals surface area (Å²) < 4.78 is 11.3. The van der Waals surface area contributed by atoms with Gasteiger partial charge in [0, 0.05) is 16.7 Å². The maximum absolute atomic E-state index is 13.5. The molecule has 0 saturated carbocycles. The Morgan fingerprint density at radius 2 is 1.61 bits per heavy atom. The molecule has 0 bridgehead atoms. The predicted molar refractivity (Wildman–Crippen MR) is 121 cm³/mol. The lowest BCUT2D eigenvalue weighted by atomic mass is 9.87. The molecule has 3 rings (SSSR count). The second kappa shape index (κ2) is 8.61. The highest BCUT2D eigenvalue weighted by Crippen LogP contribution is 2.35. The van der Waals surface area contributed by atoms with Gasteiger partial charge in [0.15, 0.2) is 11.5 Å². The second-order valence-electron chi connectivity index (χ2n) is 9.30. The van der Waals surface area contributed by atoms with E-state index in [1.807, 2.05) is 66.7 Å². The van der Waals surface area contributed by atoms with Crippen LogP contribution in [0.1, 0.15) is 65.1 Å². The van der Waals surface area contributed by atoms with Crippen LogP contribution in [0.15, 0.2) is 30.3 Å². The van der Waals surface area contributed by atoms with Crippen molar-refractivity contribution in [3.63, 3.8) is 0 Å². The second-order valence-corrected chi connectivity index (χ2v) is 9.30. The first kappa shape index (κ1) is 22.7. The summed E-state index contributed by atoms with van der Waals surface area (Å²) in [6.07, 6.45) is 0. The minimum Gasteiger partial charge on any atom is -0.486 e. The van der Waals surface area contributed by atoms with Crippen LogP contribution in [-0.2, 0) is 0 Å². The Labute approximate surface area is 184 Å². The van der Waals surface area contributed by atoms with Crippen LogP contribution >= 0.6 is 0 Å². The summed E-state index contributed by atoms with van der Waals surface area (Å²) in [4.78, 5) is 26.7. The monoisotopic (exact) mass is 424 g/mol. The summed E-state index contributed by atoms with van der Waals surface area (Å²) in [7, 11) is 0. The largest absolute Gasteiger partial charge is 0.486 e. The zero-order chi connectivity index (χ0) is 22.9. The van der Waals surface area contributed by atoms with Crippen LogP contribution in [0.25, 0.3) is 0 Å². The van der Waals surface area contributed by atoms with Gasteiger partial charge < -0.3 is 9.47 Å². The summed E-state index contributed by atoms with van der Waals surface area (Å²) in [5.41, 5.74) is 6.32. The molecule has 1 unspecified atom stereocenters. The van der Waals surface area contributed by atoms with Crippen molar-refractivity contribution < 1.29 is 19.1 Å². The predicted octanol–water partition coefficient (Wildman–Crippen LogP) is 4.60. The maximum Gasteiger partial charge on any atom is 0.272 e. The Morgan fingerprint density at radius 3 is 2.23 bits per heavy atom. The molecule has 0 fully saturated rings.